The van der Waals surface area contributed by atoms with E-state index in [9.17, 15) is 9.59 Å². The summed E-state index contributed by atoms with van der Waals surface area (Å²) in [4.78, 5) is 26.9. The SMILES string of the molecule is NC(=O)[C@H]1CCN(C(=O)/C(=C/c2ccccc2)c2cccs2)C1. The van der Waals surface area contributed by atoms with Gasteiger partial charge in [-0.15, -0.1) is 11.3 Å². The molecule has 0 bridgehead atoms. The van der Waals surface area contributed by atoms with Gasteiger partial charge in [-0.25, -0.2) is 0 Å². The molecule has 3 rings (SSSR count). The summed E-state index contributed by atoms with van der Waals surface area (Å²) in [6.07, 6.45) is 2.55. The van der Waals surface area contributed by atoms with E-state index in [2.05, 4.69) is 0 Å². The Kier molecular flexibility index (Phi) is 4.57. The van der Waals surface area contributed by atoms with Gasteiger partial charge in [-0.1, -0.05) is 36.4 Å². The molecule has 0 spiro atoms. The number of nitrogens with two attached hydrogens (primary N) is 1. The van der Waals surface area contributed by atoms with E-state index >= 15 is 0 Å². The zero-order valence-electron chi connectivity index (χ0n) is 12.6. The van der Waals surface area contributed by atoms with Gasteiger partial charge in [-0.3, -0.25) is 9.59 Å². The predicted octanol–water partition coefficient (Wildman–Crippen LogP) is 2.62. The molecule has 1 atom stereocenters. The van der Waals surface area contributed by atoms with Gasteiger partial charge in [0.2, 0.25) is 5.91 Å². The smallest absolute Gasteiger partial charge is 0.255 e. The molecule has 0 radical (unpaired) electrons. The third kappa shape index (κ3) is 3.51. The van der Waals surface area contributed by atoms with Gasteiger partial charge in [0.25, 0.3) is 5.91 Å². The van der Waals surface area contributed by atoms with E-state index in [1.54, 1.807) is 4.90 Å². The van der Waals surface area contributed by atoms with Gasteiger partial charge in [-0.2, -0.15) is 0 Å². The predicted molar refractivity (Wildman–Crippen MR) is 92.5 cm³/mol. The molecular formula is C18H18N2O2S. The first-order chi connectivity index (χ1) is 11.1. The van der Waals surface area contributed by atoms with Gasteiger partial charge in [0.1, 0.15) is 0 Å². The van der Waals surface area contributed by atoms with E-state index in [0.29, 0.717) is 25.1 Å². The van der Waals surface area contributed by atoms with Crippen molar-refractivity contribution in [2.75, 3.05) is 13.1 Å². The number of hydrogen-bond donors (Lipinski definition) is 1. The molecule has 0 unspecified atom stereocenters. The molecule has 118 valence electrons. The van der Waals surface area contributed by atoms with Crippen LogP contribution in [-0.2, 0) is 9.59 Å². The normalized spacial score (nSPS) is 18.2. The second-order valence-electron chi connectivity index (χ2n) is 5.59. The Labute approximate surface area is 139 Å². The summed E-state index contributed by atoms with van der Waals surface area (Å²) in [5.74, 6) is -0.606. The molecule has 2 aromatic rings. The Morgan fingerprint density at radius 3 is 2.57 bits per heavy atom. The lowest BCUT2D eigenvalue weighted by atomic mass is 10.1. The van der Waals surface area contributed by atoms with Gasteiger partial charge in [-0.05, 0) is 29.5 Å². The van der Waals surface area contributed by atoms with Gasteiger partial charge < -0.3 is 10.6 Å². The summed E-state index contributed by atoms with van der Waals surface area (Å²) >= 11 is 1.54. The zero-order chi connectivity index (χ0) is 16.2. The molecule has 1 aliphatic rings. The third-order valence-electron chi connectivity index (χ3n) is 4.01. The van der Waals surface area contributed by atoms with Crippen molar-refractivity contribution in [3.05, 3.63) is 58.3 Å². The molecular weight excluding hydrogens is 308 g/mol. The topological polar surface area (TPSA) is 63.4 Å². The first kappa shape index (κ1) is 15.5. The molecule has 2 N–H and O–H groups in total. The monoisotopic (exact) mass is 326 g/mol. The van der Waals surface area contributed by atoms with Gasteiger partial charge in [0.05, 0.1) is 11.5 Å². The van der Waals surface area contributed by atoms with Crippen LogP contribution in [0, 0.1) is 5.92 Å². The summed E-state index contributed by atoms with van der Waals surface area (Å²) in [6, 6.07) is 13.7. The highest BCUT2D eigenvalue weighted by Crippen LogP contribution is 2.27. The van der Waals surface area contributed by atoms with Crippen molar-refractivity contribution in [2.45, 2.75) is 6.42 Å². The highest BCUT2D eigenvalue weighted by Gasteiger charge is 2.31. The van der Waals surface area contributed by atoms with E-state index in [1.807, 2.05) is 53.9 Å². The lowest BCUT2D eigenvalue weighted by molar-refractivity contribution is -0.124. The number of hydrogen-bond acceptors (Lipinski definition) is 3. The van der Waals surface area contributed by atoms with Crippen molar-refractivity contribution < 1.29 is 9.59 Å². The summed E-state index contributed by atoms with van der Waals surface area (Å²) in [6.45, 7) is 0.982. The molecule has 23 heavy (non-hydrogen) atoms. The number of likely N-dealkylation sites (tertiary alicyclic amines) is 1. The van der Waals surface area contributed by atoms with E-state index in [0.717, 1.165) is 10.4 Å². The van der Waals surface area contributed by atoms with Crippen LogP contribution in [0.4, 0.5) is 0 Å². The molecule has 5 heteroatoms. The molecule has 1 aromatic heterocycles. The van der Waals surface area contributed by atoms with Crippen molar-refractivity contribution in [3.8, 4) is 0 Å². The van der Waals surface area contributed by atoms with Crippen LogP contribution < -0.4 is 5.73 Å². The lowest BCUT2D eigenvalue weighted by Crippen LogP contribution is -2.32. The average molecular weight is 326 g/mol. The summed E-state index contributed by atoms with van der Waals surface area (Å²) in [5, 5.41) is 1.96. The Hall–Kier alpha value is -2.40. The lowest BCUT2D eigenvalue weighted by Gasteiger charge is -2.17. The van der Waals surface area contributed by atoms with Crippen LogP contribution in [0.15, 0.2) is 47.8 Å². The second kappa shape index (κ2) is 6.79. The molecule has 0 saturated carbocycles. The van der Waals surface area contributed by atoms with Crippen molar-refractivity contribution in [3.63, 3.8) is 0 Å². The number of benzene rings is 1. The van der Waals surface area contributed by atoms with Crippen molar-refractivity contribution in [1.82, 2.24) is 4.90 Å². The first-order valence-corrected chi connectivity index (χ1v) is 8.42. The van der Waals surface area contributed by atoms with Gasteiger partial charge in [0, 0.05) is 18.0 Å². The maximum atomic E-state index is 12.9. The van der Waals surface area contributed by atoms with Crippen molar-refractivity contribution in [2.24, 2.45) is 11.7 Å². The molecule has 1 aromatic carbocycles. The van der Waals surface area contributed by atoms with E-state index in [4.69, 9.17) is 5.73 Å². The van der Waals surface area contributed by atoms with E-state index in [-0.39, 0.29) is 17.7 Å². The van der Waals surface area contributed by atoms with Crippen LogP contribution in [0.3, 0.4) is 0 Å². The molecule has 4 nitrogen and oxygen atoms in total. The number of primary amides is 1. The average Bonchev–Trinajstić information content (AvgIpc) is 3.24. The number of carbonyl (C=O) groups excluding carboxylic acids is 2. The van der Waals surface area contributed by atoms with Crippen LogP contribution >= 0.6 is 11.3 Å². The van der Waals surface area contributed by atoms with Gasteiger partial charge in [0.15, 0.2) is 0 Å². The molecule has 1 aliphatic heterocycles. The minimum atomic E-state index is -0.329. The van der Waals surface area contributed by atoms with Gasteiger partial charge >= 0.3 is 0 Å². The third-order valence-corrected chi connectivity index (χ3v) is 4.91. The fourth-order valence-corrected chi connectivity index (χ4v) is 3.47. The summed E-state index contributed by atoms with van der Waals surface area (Å²) < 4.78 is 0. The van der Waals surface area contributed by atoms with Crippen LogP contribution in [0.5, 0.6) is 0 Å². The van der Waals surface area contributed by atoms with Crippen LogP contribution in [0.2, 0.25) is 0 Å². The Bertz CT molecular complexity index is 723. The standard InChI is InChI=1S/C18H18N2O2S/c19-17(21)14-8-9-20(12-14)18(22)15(16-7-4-10-23-16)11-13-5-2-1-3-6-13/h1-7,10-11,14H,8-9,12H2,(H2,19,21)/b15-11+/t14-/m0/s1. The minimum Gasteiger partial charge on any atom is -0.369 e. The maximum Gasteiger partial charge on any atom is 0.255 e. The Balaban J connectivity index is 1.89. The number of amides is 2. The van der Waals surface area contributed by atoms with Crippen molar-refractivity contribution in [1.29, 1.82) is 0 Å². The largest absolute Gasteiger partial charge is 0.369 e. The molecule has 2 heterocycles. The number of rotatable bonds is 4. The highest BCUT2D eigenvalue weighted by atomic mass is 32.1. The Morgan fingerprint density at radius 1 is 1.17 bits per heavy atom. The van der Waals surface area contributed by atoms with Crippen LogP contribution in [0.1, 0.15) is 16.9 Å². The fraction of sp³-hybridized carbons (Fsp3) is 0.222. The van der Waals surface area contributed by atoms with E-state index in [1.165, 1.54) is 11.3 Å². The van der Waals surface area contributed by atoms with Crippen LogP contribution in [-0.4, -0.2) is 29.8 Å². The zero-order valence-corrected chi connectivity index (χ0v) is 13.5. The highest BCUT2D eigenvalue weighted by molar-refractivity contribution is 7.11. The Morgan fingerprint density at radius 2 is 1.96 bits per heavy atom. The molecule has 1 fully saturated rings. The fourth-order valence-electron chi connectivity index (χ4n) is 2.73. The summed E-state index contributed by atoms with van der Waals surface area (Å²) in [7, 11) is 0. The molecule has 0 aliphatic carbocycles. The maximum absolute atomic E-state index is 12.9. The molecule has 2 amide bonds. The minimum absolute atomic E-state index is 0.0416. The molecule has 1 saturated heterocycles. The van der Waals surface area contributed by atoms with Crippen LogP contribution in [0.25, 0.3) is 11.6 Å². The number of nitrogens with zero attached hydrogens (tertiary/aromatic N) is 1. The van der Waals surface area contributed by atoms with Crippen molar-refractivity contribution >= 4 is 34.8 Å². The van der Waals surface area contributed by atoms with E-state index < -0.39 is 0 Å². The summed E-state index contributed by atoms with van der Waals surface area (Å²) in [5.41, 5.74) is 7.01. The second-order valence-corrected chi connectivity index (χ2v) is 6.53. The quantitative estimate of drug-likeness (QED) is 0.878. The number of thiophene rings is 1. The number of carbonyl (C=O) groups is 2. The first-order valence-electron chi connectivity index (χ1n) is 7.54.